The van der Waals surface area contributed by atoms with E-state index in [0.717, 1.165) is 44.2 Å². The van der Waals surface area contributed by atoms with Crippen LogP contribution in [0.5, 0.6) is 0 Å². The first kappa shape index (κ1) is 24.9. The van der Waals surface area contributed by atoms with Crippen LogP contribution in [0.3, 0.4) is 0 Å². The fraction of sp³-hybridized carbons (Fsp3) is 0.542. The number of hydrogen-bond acceptors (Lipinski definition) is 5. The highest BCUT2D eigenvalue weighted by Gasteiger charge is 2.38. The number of nitrogens with zero attached hydrogens (tertiary/aromatic N) is 2. The topological polar surface area (TPSA) is 71.5 Å². The Morgan fingerprint density at radius 3 is 2.44 bits per heavy atom. The van der Waals surface area contributed by atoms with Gasteiger partial charge in [-0.2, -0.15) is 13.2 Å². The minimum absolute atomic E-state index is 0.0425. The van der Waals surface area contributed by atoms with Crippen LogP contribution in [-0.2, 0) is 20.9 Å². The van der Waals surface area contributed by atoms with Crippen LogP contribution in [0.15, 0.2) is 48.8 Å². The van der Waals surface area contributed by atoms with Gasteiger partial charge in [0.25, 0.3) is 0 Å². The number of halogens is 3. The Kier molecular flexibility index (Phi) is 7.49. The smallest absolute Gasteiger partial charge is 0.376 e. The molecule has 0 bridgehead atoms. The molecule has 2 heterocycles. The van der Waals surface area contributed by atoms with E-state index in [1.165, 1.54) is 11.8 Å². The van der Waals surface area contributed by atoms with Crippen molar-refractivity contribution in [3.05, 3.63) is 59.9 Å². The lowest BCUT2D eigenvalue weighted by atomic mass is 9.83. The molecule has 0 spiro atoms. The second-order valence-electron chi connectivity index (χ2n) is 9.19. The zero-order valence-electron chi connectivity index (χ0n) is 19.0. The summed E-state index contributed by atoms with van der Waals surface area (Å²) < 4.78 is 72.3. The summed E-state index contributed by atoms with van der Waals surface area (Å²) in [6.07, 6.45) is 3.07. The van der Waals surface area contributed by atoms with Gasteiger partial charge in [-0.15, -0.1) is 0 Å². The Balaban J connectivity index is 1.44. The van der Waals surface area contributed by atoms with Crippen molar-refractivity contribution < 1.29 is 26.3 Å². The van der Waals surface area contributed by atoms with Gasteiger partial charge in [0.05, 0.1) is 42.5 Å². The Bertz CT molecular complexity index is 1060. The fourth-order valence-electron chi connectivity index (χ4n) is 5.06. The third-order valence-corrected chi connectivity index (χ3v) is 7.47. The number of benzene rings is 1. The Hall–Kier alpha value is -2.17. The van der Waals surface area contributed by atoms with Gasteiger partial charge in [-0.05, 0) is 49.7 Å². The van der Waals surface area contributed by atoms with Gasteiger partial charge in [0.2, 0.25) is 10.0 Å². The van der Waals surface area contributed by atoms with E-state index in [9.17, 15) is 21.6 Å². The van der Waals surface area contributed by atoms with Crippen LogP contribution in [0.2, 0.25) is 0 Å². The second-order valence-corrected chi connectivity index (χ2v) is 11.0. The molecule has 1 saturated heterocycles. The SMILES string of the molecule is CS(=O)(=O)N[C@H]1CCN(c2cncc(C(F)(F)F)c2)[C@H]1CO[C@H]1CC[C@@H](c2ccccc2)CC1. The van der Waals surface area contributed by atoms with Gasteiger partial charge >= 0.3 is 6.18 Å². The molecular formula is C24H30F3N3O3S. The molecule has 2 atom stereocenters. The van der Waals surface area contributed by atoms with Crippen molar-refractivity contribution in [3.63, 3.8) is 0 Å². The summed E-state index contributed by atoms with van der Waals surface area (Å²) in [5.41, 5.74) is 0.815. The second kappa shape index (κ2) is 10.2. The Labute approximate surface area is 198 Å². The van der Waals surface area contributed by atoms with E-state index in [2.05, 4.69) is 21.8 Å². The van der Waals surface area contributed by atoms with Gasteiger partial charge in [-0.25, -0.2) is 13.1 Å². The number of ether oxygens (including phenoxy) is 1. The molecule has 2 aliphatic rings. The molecule has 1 aliphatic heterocycles. The van der Waals surface area contributed by atoms with Crippen molar-refractivity contribution in [1.82, 2.24) is 9.71 Å². The van der Waals surface area contributed by atoms with Gasteiger partial charge in [0.1, 0.15) is 0 Å². The zero-order chi connectivity index (χ0) is 24.3. The van der Waals surface area contributed by atoms with Crippen molar-refractivity contribution in [2.24, 2.45) is 0 Å². The molecule has 1 aliphatic carbocycles. The van der Waals surface area contributed by atoms with Crippen LogP contribution in [-0.4, -0.2) is 51.0 Å². The first-order chi connectivity index (χ1) is 16.1. The van der Waals surface area contributed by atoms with Crippen molar-refractivity contribution >= 4 is 15.7 Å². The number of rotatable bonds is 7. The van der Waals surface area contributed by atoms with Crippen LogP contribution in [0, 0.1) is 0 Å². The maximum Gasteiger partial charge on any atom is 0.417 e. The minimum atomic E-state index is -4.50. The van der Waals surface area contributed by atoms with E-state index in [0.29, 0.717) is 24.6 Å². The van der Waals surface area contributed by atoms with Gasteiger partial charge in [-0.1, -0.05) is 30.3 Å². The number of hydrogen-bond donors (Lipinski definition) is 1. The third kappa shape index (κ3) is 6.28. The lowest BCUT2D eigenvalue weighted by Crippen LogP contribution is -2.48. The number of anilines is 1. The quantitative estimate of drug-likeness (QED) is 0.616. The number of sulfonamides is 1. The average Bonchev–Trinajstić information content (AvgIpc) is 3.19. The van der Waals surface area contributed by atoms with Crippen LogP contribution < -0.4 is 9.62 Å². The van der Waals surface area contributed by atoms with E-state index < -0.39 is 33.8 Å². The molecule has 2 fully saturated rings. The molecule has 1 aromatic heterocycles. The number of nitrogens with one attached hydrogen (secondary N) is 1. The van der Waals surface area contributed by atoms with Gasteiger partial charge in [-0.3, -0.25) is 4.98 Å². The first-order valence-corrected chi connectivity index (χ1v) is 13.4. The highest BCUT2D eigenvalue weighted by Crippen LogP contribution is 2.36. The number of aromatic nitrogens is 1. The van der Waals surface area contributed by atoms with E-state index in [-0.39, 0.29) is 12.7 Å². The molecule has 4 rings (SSSR count). The largest absolute Gasteiger partial charge is 0.417 e. The van der Waals surface area contributed by atoms with E-state index in [1.807, 2.05) is 18.2 Å². The summed E-state index contributed by atoms with van der Waals surface area (Å²) in [6, 6.07) is 10.6. The predicted octanol–water partition coefficient (Wildman–Crippen LogP) is 4.34. The number of pyridine rings is 1. The normalized spacial score (nSPS) is 26.1. The molecule has 0 amide bonds. The lowest BCUT2D eigenvalue weighted by molar-refractivity contribution is -0.137. The molecule has 1 N–H and O–H groups in total. The molecule has 6 nitrogen and oxygen atoms in total. The average molecular weight is 498 g/mol. The highest BCUT2D eigenvalue weighted by atomic mass is 32.2. The standard InChI is InChI=1S/C24H30F3N3O3S/c1-34(31,32)29-22-11-12-30(20-13-19(14-28-15-20)24(25,26)27)23(22)16-33-21-9-7-18(8-10-21)17-5-3-2-4-6-17/h2-6,13-15,18,21-23,29H,7-12,16H2,1H3/t18-,21+,22-,23-/m0/s1. The van der Waals surface area contributed by atoms with Crippen molar-refractivity contribution in [3.8, 4) is 0 Å². The maximum atomic E-state index is 13.2. The fourth-order valence-corrected chi connectivity index (χ4v) is 5.88. The van der Waals surface area contributed by atoms with Crippen molar-refractivity contribution in [1.29, 1.82) is 0 Å². The minimum Gasteiger partial charge on any atom is -0.376 e. The van der Waals surface area contributed by atoms with Crippen LogP contribution >= 0.6 is 0 Å². The molecule has 186 valence electrons. The first-order valence-electron chi connectivity index (χ1n) is 11.5. The monoisotopic (exact) mass is 497 g/mol. The summed E-state index contributed by atoms with van der Waals surface area (Å²) in [7, 11) is -3.49. The summed E-state index contributed by atoms with van der Waals surface area (Å²) >= 11 is 0. The Morgan fingerprint density at radius 1 is 1.09 bits per heavy atom. The molecule has 2 aromatic rings. The molecule has 1 aromatic carbocycles. The third-order valence-electron chi connectivity index (χ3n) is 6.74. The number of alkyl halides is 3. The van der Waals surface area contributed by atoms with Crippen LogP contribution in [0.25, 0.3) is 0 Å². The van der Waals surface area contributed by atoms with E-state index in [4.69, 9.17) is 4.74 Å². The van der Waals surface area contributed by atoms with E-state index in [1.54, 1.807) is 4.90 Å². The molecule has 0 radical (unpaired) electrons. The summed E-state index contributed by atoms with van der Waals surface area (Å²) in [4.78, 5) is 5.55. The van der Waals surface area contributed by atoms with E-state index >= 15 is 0 Å². The molecule has 0 unspecified atom stereocenters. The van der Waals surface area contributed by atoms with Crippen molar-refractivity contribution in [2.75, 3.05) is 24.3 Å². The molecule has 34 heavy (non-hydrogen) atoms. The highest BCUT2D eigenvalue weighted by molar-refractivity contribution is 7.88. The van der Waals surface area contributed by atoms with Crippen LogP contribution in [0.4, 0.5) is 18.9 Å². The van der Waals surface area contributed by atoms with Gasteiger partial charge in [0.15, 0.2) is 0 Å². The summed E-state index contributed by atoms with van der Waals surface area (Å²) in [6.45, 7) is 0.634. The molecule has 10 heteroatoms. The predicted molar refractivity (Wildman–Crippen MR) is 124 cm³/mol. The van der Waals surface area contributed by atoms with Gasteiger partial charge < -0.3 is 9.64 Å². The Morgan fingerprint density at radius 2 is 1.79 bits per heavy atom. The summed E-state index contributed by atoms with van der Waals surface area (Å²) in [5.74, 6) is 0.500. The van der Waals surface area contributed by atoms with Crippen LogP contribution in [0.1, 0.15) is 49.1 Å². The molecule has 1 saturated carbocycles. The zero-order valence-corrected chi connectivity index (χ0v) is 19.9. The van der Waals surface area contributed by atoms with Gasteiger partial charge in [0, 0.05) is 18.8 Å². The van der Waals surface area contributed by atoms with Crippen molar-refractivity contribution in [2.45, 2.75) is 62.4 Å². The molecular weight excluding hydrogens is 467 g/mol. The summed E-state index contributed by atoms with van der Waals surface area (Å²) in [5, 5.41) is 0. The maximum absolute atomic E-state index is 13.2. The lowest BCUT2D eigenvalue weighted by Gasteiger charge is -2.33.